The molecule has 4 nitrogen and oxygen atoms in total. The molecule has 4 N–H and O–H groups in total. The minimum Gasteiger partial charge on any atom is -0.480 e. The summed E-state index contributed by atoms with van der Waals surface area (Å²) in [6.07, 6.45) is 0. The van der Waals surface area contributed by atoms with Crippen LogP contribution in [0.5, 0.6) is 0 Å². The van der Waals surface area contributed by atoms with Crippen molar-refractivity contribution in [3.8, 4) is 0 Å². The van der Waals surface area contributed by atoms with Crippen LogP contribution >= 0.6 is 0 Å². The van der Waals surface area contributed by atoms with E-state index in [1.807, 2.05) is 0 Å². The molecular weight excluding hydrogens is 134 g/mol. The largest absolute Gasteiger partial charge is 0.480 e. The molecule has 1 atom stereocenters. The number of aliphatic hydroxyl groups is 1. The zero-order valence-electron chi connectivity index (χ0n) is 6.38. The van der Waals surface area contributed by atoms with Gasteiger partial charge in [-0.05, 0) is 20.8 Å². The molecule has 0 aromatic carbocycles. The summed E-state index contributed by atoms with van der Waals surface area (Å²) in [5, 5.41) is 17.7. The van der Waals surface area contributed by atoms with E-state index in [1.54, 1.807) is 0 Å². The molecule has 0 aromatic rings. The quantitative estimate of drug-likeness (QED) is 0.494. The summed E-state index contributed by atoms with van der Waals surface area (Å²) >= 11 is 0. The molecule has 10 heavy (non-hydrogen) atoms. The van der Waals surface area contributed by atoms with Crippen molar-refractivity contribution in [1.29, 1.82) is 0 Å². The van der Waals surface area contributed by atoms with Gasteiger partial charge in [0.25, 0.3) is 0 Å². The Kier molecular flexibility index (Phi) is 2.08. The third kappa shape index (κ3) is 1.46. The normalized spacial score (nSPS) is 18.1. The highest BCUT2D eigenvalue weighted by Crippen LogP contribution is 2.17. The van der Waals surface area contributed by atoms with E-state index in [4.69, 9.17) is 10.8 Å². The summed E-state index contributed by atoms with van der Waals surface area (Å²) < 4.78 is 0. The van der Waals surface area contributed by atoms with Crippen LogP contribution in [0.2, 0.25) is 0 Å². The molecule has 0 aliphatic carbocycles. The van der Waals surface area contributed by atoms with Gasteiger partial charge in [-0.15, -0.1) is 0 Å². The lowest BCUT2D eigenvalue weighted by Crippen LogP contribution is -2.60. The summed E-state index contributed by atoms with van der Waals surface area (Å²) in [4.78, 5) is 10.4. The Morgan fingerprint density at radius 3 is 1.70 bits per heavy atom. The zero-order chi connectivity index (χ0) is 8.58. The van der Waals surface area contributed by atoms with Crippen molar-refractivity contribution in [3.63, 3.8) is 0 Å². The number of carboxylic acid groups (broad SMARTS) is 1. The first-order valence-electron chi connectivity index (χ1n) is 2.94. The molecular formula is C6H13NO3. The van der Waals surface area contributed by atoms with Crippen LogP contribution in [0, 0.1) is 0 Å². The molecule has 0 saturated carbocycles. The lowest BCUT2D eigenvalue weighted by Gasteiger charge is -2.32. The molecule has 0 unspecified atom stereocenters. The minimum atomic E-state index is -1.59. The summed E-state index contributed by atoms with van der Waals surface area (Å²) in [5.74, 6) is -1.21. The van der Waals surface area contributed by atoms with Gasteiger partial charge < -0.3 is 15.9 Å². The van der Waals surface area contributed by atoms with Crippen LogP contribution in [0.4, 0.5) is 0 Å². The highest BCUT2D eigenvalue weighted by Gasteiger charge is 2.42. The molecule has 4 heteroatoms. The molecule has 0 radical (unpaired) electrons. The number of rotatable bonds is 2. The molecule has 0 saturated heterocycles. The lowest BCUT2D eigenvalue weighted by atomic mass is 9.85. The van der Waals surface area contributed by atoms with Crippen LogP contribution in [0.3, 0.4) is 0 Å². The van der Waals surface area contributed by atoms with E-state index in [9.17, 15) is 9.90 Å². The first-order valence-corrected chi connectivity index (χ1v) is 2.94. The van der Waals surface area contributed by atoms with E-state index in [0.717, 1.165) is 0 Å². The summed E-state index contributed by atoms with van der Waals surface area (Å²) in [6.45, 7) is 4.00. The molecule has 0 amide bonds. The summed E-state index contributed by atoms with van der Waals surface area (Å²) in [7, 11) is 0. The lowest BCUT2D eigenvalue weighted by molar-refractivity contribution is -0.151. The van der Waals surface area contributed by atoms with E-state index < -0.39 is 17.1 Å². The molecule has 0 aromatic heterocycles. The van der Waals surface area contributed by atoms with Gasteiger partial charge in [0.15, 0.2) is 0 Å². The van der Waals surface area contributed by atoms with Gasteiger partial charge in [0.1, 0.15) is 5.54 Å². The number of nitrogens with two attached hydrogens (primary N) is 1. The Balaban J connectivity index is 4.57. The number of hydrogen-bond acceptors (Lipinski definition) is 3. The fourth-order valence-electron chi connectivity index (χ4n) is 0.262. The predicted molar refractivity (Wildman–Crippen MR) is 36.5 cm³/mol. The van der Waals surface area contributed by atoms with E-state index >= 15 is 0 Å². The third-order valence-electron chi connectivity index (χ3n) is 1.72. The summed E-state index contributed by atoms with van der Waals surface area (Å²) in [5.41, 5.74) is 2.29. The molecule has 0 fully saturated rings. The van der Waals surface area contributed by atoms with Crippen LogP contribution in [0.1, 0.15) is 20.8 Å². The summed E-state index contributed by atoms with van der Waals surface area (Å²) in [6, 6.07) is 0. The maximum Gasteiger partial charge on any atom is 0.326 e. The predicted octanol–water partition coefficient (Wildman–Crippen LogP) is -0.441. The first kappa shape index (κ1) is 9.39. The minimum absolute atomic E-state index is 1.21. The van der Waals surface area contributed by atoms with Crippen molar-refractivity contribution in [3.05, 3.63) is 0 Å². The van der Waals surface area contributed by atoms with Crippen LogP contribution in [-0.2, 0) is 4.79 Å². The molecule has 0 spiro atoms. The van der Waals surface area contributed by atoms with E-state index in [0.29, 0.717) is 0 Å². The second-order valence-corrected chi connectivity index (χ2v) is 3.07. The maximum atomic E-state index is 10.4. The zero-order valence-corrected chi connectivity index (χ0v) is 6.38. The number of carbonyl (C=O) groups is 1. The Morgan fingerprint density at radius 2 is 1.70 bits per heavy atom. The van der Waals surface area contributed by atoms with Gasteiger partial charge in [-0.1, -0.05) is 0 Å². The Hall–Kier alpha value is -0.610. The van der Waals surface area contributed by atoms with Gasteiger partial charge in [0.2, 0.25) is 0 Å². The molecule has 0 aliphatic heterocycles. The van der Waals surface area contributed by atoms with Crippen molar-refractivity contribution in [2.75, 3.05) is 0 Å². The van der Waals surface area contributed by atoms with Crippen LogP contribution in [-0.4, -0.2) is 27.3 Å². The average Bonchev–Trinajstić information content (AvgIpc) is 1.62. The van der Waals surface area contributed by atoms with Crippen molar-refractivity contribution in [2.24, 2.45) is 5.73 Å². The highest BCUT2D eigenvalue weighted by molar-refractivity contribution is 5.79. The molecule has 0 bridgehead atoms. The molecule has 0 heterocycles. The molecule has 0 rings (SSSR count). The van der Waals surface area contributed by atoms with Gasteiger partial charge in [-0.3, -0.25) is 4.79 Å². The Bertz CT molecular complexity index is 146. The van der Waals surface area contributed by atoms with Crippen molar-refractivity contribution in [1.82, 2.24) is 0 Å². The van der Waals surface area contributed by atoms with Gasteiger partial charge in [-0.25, -0.2) is 0 Å². The van der Waals surface area contributed by atoms with Gasteiger partial charge >= 0.3 is 5.97 Å². The van der Waals surface area contributed by atoms with E-state index in [1.165, 1.54) is 20.8 Å². The maximum absolute atomic E-state index is 10.4. The topological polar surface area (TPSA) is 83.5 Å². The highest BCUT2D eigenvalue weighted by atomic mass is 16.4. The van der Waals surface area contributed by atoms with Crippen LogP contribution in [0.15, 0.2) is 0 Å². The van der Waals surface area contributed by atoms with Gasteiger partial charge in [0, 0.05) is 0 Å². The van der Waals surface area contributed by atoms with Crippen molar-refractivity contribution < 1.29 is 15.0 Å². The Labute approximate surface area is 59.7 Å². The van der Waals surface area contributed by atoms with E-state index in [-0.39, 0.29) is 0 Å². The van der Waals surface area contributed by atoms with Crippen molar-refractivity contribution in [2.45, 2.75) is 31.9 Å². The van der Waals surface area contributed by atoms with Gasteiger partial charge in [0.05, 0.1) is 5.60 Å². The number of hydrogen-bond donors (Lipinski definition) is 3. The smallest absolute Gasteiger partial charge is 0.326 e. The second-order valence-electron chi connectivity index (χ2n) is 3.07. The van der Waals surface area contributed by atoms with Gasteiger partial charge in [-0.2, -0.15) is 0 Å². The monoisotopic (exact) mass is 147 g/mol. The fraction of sp³-hybridized carbons (Fsp3) is 0.833. The number of carboxylic acids is 1. The van der Waals surface area contributed by atoms with E-state index in [2.05, 4.69) is 0 Å². The first-order chi connectivity index (χ1) is 4.19. The third-order valence-corrected chi connectivity index (χ3v) is 1.72. The fourth-order valence-corrected chi connectivity index (χ4v) is 0.262. The van der Waals surface area contributed by atoms with Crippen LogP contribution < -0.4 is 5.73 Å². The molecule has 60 valence electrons. The van der Waals surface area contributed by atoms with Crippen molar-refractivity contribution >= 4 is 5.97 Å². The Morgan fingerprint density at radius 1 is 1.40 bits per heavy atom. The standard InChI is InChI=1S/C6H13NO3/c1-5(2,10)6(3,7)4(8)9/h10H,7H2,1-3H3,(H,8,9)/t6-/m1/s1. The van der Waals surface area contributed by atoms with Crippen LogP contribution in [0.25, 0.3) is 0 Å². The molecule has 0 aliphatic rings. The average molecular weight is 147 g/mol. The SMILES string of the molecule is CC(C)(O)[C@](C)(N)C(=O)O. The number of aliphatic carboxylic acids is 1. The second kappa shape index (κ2) is 2.21.